The number of fused-ring (bicyclic) bond motifs is 1. The highest BCUT2D eigenvalue weighted by molar-refractivity contribution is 7.21. The summed E-state index contributed by atoms with van der Waals surface area (Å²) in [6, 6.07) is 10.4. The van der Waals surface area contributed by atoms with Gasteiger partial charge in [-0.15, -0.1) is 11.3 Å². The number of aromatic carboxylic acids is 1. The Bertz CT molecular complexity index is 898. The lowest BCUT2D eigenvalue weighted by atomic mass is 10.0. The first-order chi connectivity index (χ1) is 10.5. The van der Waals surface area contributed by atoms with E-state index in [1.165, 1.54) is 0 Å². The Morgan fingerprint density at radius 2 is 1.82 bits per heavy atom. The highest BCUT2D eigenvalue weighted by Crippen LogP contribution is 2.42. The molecule has 0 fully saturated rings. The number of benzene rings is 2. The van der Waals surface area contributed by atoms with Crippen LogP contribution >= 0.6 is 34.5 Å². The minimum atomic E-state index is -1.07. The molecule has 0 saturated heterocycles. The largest absolute Gasteiger partial charge is 0.477 e. The van der Waals surface area contributed by atoms with Crippen molar-refractivity contribution in [1.29, 1.82) is 0 Å². The third-order valence-electron chi connectivity index (χ3n) is 3.25. The van der Waals surface area contributed by atoms with E-state index >= 15 is 0 Å². The van der Waals surface area contributed by atoms with Crippen molar-refractivity contribution in [3.63, 3.8) is 0 Å². The van der Waals surface area contributed by atoms with Gasteiger partial charge in [0, 0.05) is 20.7 Å². The zero-order valence-electron chi connectivity index (χ0n) is 11.0. The summed E-state index contributed by atoms with van der Waals surface area (Å²) >= 11 is 13.5. The number of halogens is 2. The maximum absolute atomic E-state index is 11.3. The molecule has 22 heavy (non-hydrogen) atoms. The summed E-state index contributed by atoms with van der Waals surface area (Å²) in [4.78, 5) is 22.1. The summed E-state index contributed by atoms with van der Waals surface area (Å²) in [5, 5.41) is 10.6. The molecule has 2 aromatic carbocycles. The van der Waals surface area contributed by atoms with Crippen LogP contribution in [0.25, 0.3) is 21.2 Å². The van der Waals surface area contributed by atoms with Crippen LogP contribution in [-0.2, 0) is 0 Å². The van der Waals surface area contributed by atoms with Gasteiger partial charge in [-0.2, -0.15) is 0 Å². The fourth-order valence-corrected chi connectivity index (χ4v) is 4.00. The van der Waals surface area contributed by atoms with Crippen molar-refractivity contribution >= 4 is 56.9 Å². The Kier molecular flexibility index (Phi) is 3.91. The number of hydrogen-bond donors (Lipinski definition) is 1. The molecular formula is C16H8Cl2O3S. The van der Waals surface area contributed by atoms with Crippen molar-refractivity contribution in [3.05, 3.63) is 56.9 Å². The highest BCUT2D eigenvalue weighted by atomic mass is 35.5. The number of carbonyl (C=O) groups excluding carboxylic acids is 1. The van der Waals surface area contributed by atoms with E-state index in [0.717, 1.165) is 28.7 Å². The van der Waals surface area contributed by atoms with Gasteiger partial charge < -0.3 is 5.11 Å². The lowest BCUT2D eigenvalue weighted by Gasteiger charge is -2.06. The highest BCUT2D eigenvalue weighted by Gasteiger charge is 2.20. The van der Waals surface area contributed by atoms with Crippen LogP contribution in [0.5, 0.6) is 0 Å². The number of aldehydes is 1. The SMILES string of the molecule is O=Cc1ccc(-c2cc(Cl)cc3sc(C(=O)O)c(Cl)c23)cc1. The number of rotatable bonds is 3. The fraction of sp³-hybridized carbons (Fsp3) is 0. The average Bonchev–Trinajstić information content (AvgIpc) is 2.83. The molecule has 0 atom stereocenters. The van der Waals surface area contributed by atoms with Gasteiger partial charge >= 0.3 is 5.97 Å². The molecule has 0 radical (unpaired) electrons. The lowest BCUT2D eigenvalue weighted by Crippen LogP contribution is -1.91. The van der Waals surface area contributed by atoms with E-state index in [1.807, 2.05) is 0 Å². The molecule has 0 spiro atoms. The molecule has 0 aliphatic rings. The molecule has 3 rings (SSSR count). The molecular weight excluding hydrogens is 343 g/mol. The number of carboxylic acids is 1. The summed E-state index contributed by atoms with van der Waals surface area (Å²) in [6.45, 7) is 0. The van der Waals surface area contributed by atoms with Gasteiger partial charge in [0.2, 0.25) is 0 Å². The van der Waals surface area contributed by atoms with E-state index < -0.39 is 5.97 Å². The number of carboxylic acid groups (broad SMARTS) is 1. The van der Waals surface area contributed by atoms with Crippen molar-refractivity contribution in [2.24, 2.45) is 0 Å². The smallest absolute Gasteiger partial charge is 0.347 e. The molecule has 110 valence electrons. The van der Waals surface area contributed by atoms with E-state index in [1.54, 1.807) is 36.4 Å². The number of thiophene rings is 1. The van der Waals surface area contributed by atoms with Crippen LogP contribution in [0.2, 0.25) is 10.0 Å². The summed E-state index contributed by atoms with van der Waals surface area (Å²) < 4.78 is 0.712. The molecule has 0 aliphatic heterocycles. The standard InChI is InChI=1S/C16H8Cl2O3S/c17-10-5-11(9-3-1-8(7-19)2-4-9)13-12(6-10)22-15(14(13)18)16(20)21/h1-7H,(H,20,21). The van der Waals surface area contributed by atoms with Gasteiger partial charge in [0.1, 0.15) is 11.2 Å². The maximum Gasteiger partial charge on any atom is 0.347 e. The first-order valence-electron chi connectivity index (χ1n) is 6.21. The van der Waals surface area contributed by atoms with E-state index in [9.17, 15) is 14.7 Å². The molecule has 0 unspecified atom stereocenters. The lowest BCUT2D eigenvalue weighted by molar-refractivity contribution is 0.0702. The molecule has 0 aliphatic carbocycles. The maximum atomic E-state index is 11.3. The third-order valence-corrected chi connectivity index (χ3v) is 5.08. The average molecular weight is 351 g/mol. The van der Waals surface area contributed by atoms with E-state index in [2.05, 4.69) is 0 Å². The van der Waals surface area contributed by atoms with Crippen LogP contribution in [0, 0.1) is 0 Å². The number of hydrogen-bond acceptors (Lipinski definition) is 3. The summed E-state index contributed by atoms with van der Waals surface area (Å²) in [5.74, 6) is -1.07. The quantitative estimate of drug-likeness (QED) is 0.644. The minimum absolute atomic E-state index is 0.0877. The summed E-state index contributed by atoms with van der Waals surface area (Å²) in [6.07, 6.45) is 0.761. The topological polar surface area (TPSA) is 54.4 Å². The van der Waals surface area contributed by atoms with E-state index in [0.29, 0.717) is 20.7 Å². The van der Waals surface area contributed by atoms with Crippen molar-refractivity contribution < 1.29 is 14.7 Å². The Labute approximate surface area is 139 Å². The first-order valence-corrected chi connectivity index (χ1v) is 7.79. The zero-order chi connectivity index (χ0) is 15.9. The van der Waals surface area contributed by atoms with Crippen LogP contribution in [0.1, 0.15) is 20.0 Å². The van der Waals surface area contributed by atoms with Gasteiger partial charge in [0.25, 0.3) is 0 Å². The molecule has 0 bridgehead atoms. The van der Waals surface area contributed by atoms with Gasteiger partial charge in [0.15, 0.2) is 0 Å². The van der Waals surface area contributed by atoms with Crippen LogP contribution in [0.4, 0.5) is 0 Å². The van der Waals surface area contributed by atoms with Crippen LogP contribution in [0.3, 0.4) is 0 Å². The van der Waals surface area contributed by atoms with Gasteiger partial charge in [-0.3, -0.25) is 4.79 Å². The van der Waals surface area contributed by atoms with Crippen molar-refractivity contribution in [1.82, 2.24) is 0 Å². The van der Waals surface area contributed by atoms with Gasteiger partial charge in [-0.1, -0.05) is 47.5 Å². The second-order valence-corrected chi connectivity index (χ2v) is 6.48. The van der Waals surface area contributed by atoms with Gasteiger partial charge in [0.05, 0.1) is 5.02 Å². The molecule has 3 nitrogen and oxygen atoms in total. The molecule has 1 aromatic heterocycles. The summed E-state index contributed by atoms with van der Waals surface area (Å²) in [5.41, 5.74) is 2.12. The van der Waals surface area contributed by atoms with Gasteiger partial charge in [-0.25, -0.2) is 4.79 Å². The normalized spacial score (nSPS) is 10.8. The monoisotopic (exact) mass is 350 g/mol. The summed E-state index contributed by atoms with van der Waals surface area (Å²) in [7, 11) is 0. The molecule has 1 heterocycles. The Morgan fingerprint density at radius 3 is 2.41 bits per heavy atom. The second-order valence-electron chi connectivity index (χ2n) is 4.62. The third kappa shape index (κ3) is 2.50. The molecule has 3 aromatic rings. The first kappa shape index (κ1) is 15.0. The Hall–Kier alpha value is -1.88. The fourth-order valence-electron chi connectivity index (χ4n) is 2.26. The second kappa shape index (κ2) is 5.72. The zero-order valence-corrected chi connectivity index (χ0v) is 13.3. The molecule has 1 N–H and O–H groups in total. The van der Waals surface area contributed by atoms with Gasteiger partial charge in [-0.05, 0) is 23.3 Å². The van der Waals surface area contributed by atoms with Crippen LogP contribution in [0.15, 0.2) is 36.4 Å². The van der Waals surface area contributed by atoms with Crippen molar-refractivity contribution in [2.75, 3.05) is 0 Å². The van der Waals surface area contributed by atoms with Crippen molar-refractivity contribution in [2.45, 2.75) is 0 Å². The Morgan fingerprint density at radius 1 is 1.14 bits per heavy atom. The van der Waals surface area contributed by atoms with E-state index in [4.69, 9.17) is 23.2 Å². The minimum Gasteiger partial charge on any atom is -0.477 e. The molecule has 0 saturated carbocycles. The Balaban J connectivity index is 2.31. The predicted molar refractivity (Wildman–Crippen MR) is 89.6 cm³/mol. The predicted octanol–water partition coefficient (Wildman–Crippen LogP) is 5.39. The van der Waals surface area contributed by atoms with Crippen molar-refractivity contribution in [3.8, 4) is 11.1 Å². The molecule has 6 heteroatoms. The van der Waals surface area contributed by atoms with Crippen LogP contribution in [-0.4, -0.2) is 17.4 Å². The van der Waals surface area contributed by atoms with Crippen LogP contribution < -0.4 is 0 Å². The number of carbonyl (C=O) groups is 2. The molecule has 0 amide bonds. The van der Waals surface area contributed by atoms with E-state index in [-0.39, 0.29) is 9.90 Å².